The van der Waals surface area contributed by atoms with Crippen LogP contribution in [0.15, 0.2) is 62.2 Å². The molecule has 0 fully saturated rings. The zero-order valence-electron chi connectivity index (χ0n) is 21.5. The predicted octanol–water partition coefficient (Wildman–Crippen LogP) is 7.61. The average Bonchev–Trinajstić information content (AvgIpc) is 2.81. The van der Waals surface area contributed by atoms with Crippen LogP contribution >= 0.6 is 11.8 Å². The van der Waals surface area contributed by atoms with Crippen molar-refractivity contribution in [2.45, 2.75) is 81.9 Å². The summed E-state index contributed by atoms with van der Waals surface area (Å²) in [6, 6.07) is 12.3. The molecule has 35 heavy (non-hydrogen) atoms. The first-order valence-corrected chi connectivity index (χ1v) is 13.1. The second kappa shape index (κ2) is 12.0. The zero-order valence-corrected chi connectivity index (χ0v) is 22.3. The van der Waals surface area contributed by atoms with Crippen LogP contribution in [-0.4, -0.2) is 36.6 Å². The second-order valence-electron chi connectivity index (χ2n) is 9.38. The first kappa shape index (κ1) is 27.2. The highest BCUT2D eigenvalue weighted by Crippen LogP contribution is 2.37. The SMILES string of the molecule is CCOC1=N[C@](C)(CC(C)c2ccc(Sc3cccc(CF)c3)cc2F)C(OCC)=N[C@H]1C(C)C. The molecule has 0 bridgehead atoms. The van der Waals surface area contributed by atoms with Crippen LogP contribution in [0.3, 0.4) is 0 Å². The summed E-state index contributed by atoms with van der Waals surface area (Å²) in [6.45, 7) is 12.5. The minimum Gasteiger partial charge on any atom is -0.480 e. The van der Waals surface area contributed by atoms with Crippen LogP contribution in [0, 0.1) is 11.7 Å². The maximum Gasteiger partial charge on any atom is 0.212 e. The standard InChI is InChI=1S/C28H36F2N2O2S/c1-7-33-26-25(18(3)4)31-27(34-8-2)28(6,32-26)16-19(5)23-13-12-22(15-24(23)30)35-21-11-9-10-20(14-21)17-29/h9-15,18-19,25H,7-8,16-17H2,1-6H3/t19?,25-,28+/m0/s1. The minimum atomic E-state index is -0.752. The lowest BCUT2D eigenvalue weighted by Crippen LogP contribution is -2.46. The van der Waals surface area contributed by atoms with E-state index in [-0.39, 0.29) is 23.7 Å². The molecule has 0 N–H and O–H groups in total. The minimum absolute atomic E-state index is 0.137. The fourth-order valence-electron chi connectivity index (χ4n) is 4.35. The Balaban J connectivity index is 1.83. The molecule has 0 amide bonds. The van der Waals surface area contributed by atoms with Gasteiger partial charge in [-0.15, -0.1) is 0 Å². The Kier molecular flexibility index (Phi) is 9.34. The molecule has 2 aromatic carbocycles. The van der Waals surface area contributed by atoms with E-state index < -0.39 is 12.2 Å². The fourth-order valence-corrected chi connectivity index (χ4v) is 5.27. The summed E-state index contributed by atoms with van der Waals surface area (Å²) in [5, 5.41) is 0. The lowest BCUT2D eigenvalue weighted by atomic mass is 9.84. The molecule has 7 heteroatoms. The largest absolute Gasteiger partial charge is 0.480 e. The van der Waals surface area contributed by atoms with Gasteiger partial charge in [0.05, 0.1) is 13.2 Å². The number of alkyl halides is 1. The monoisotopic (exact) mass is 502 g/mol. The van der Waals surface area contributed by atoms with Crippen molar-refractivity contribution in [2.24, 2.45) is 15.9 Å². The molecule has 0 saturated heterocycles. The summed E-state index contributed by atoms with van der Waals surface area (Å²) in [5.74, 6) is 0.998. The van der Waals surface area contributed by atoms with E-state index in [0.29, 0.717) is 42.6 Å². The summed E-state index contributed by atoms with van der Waals surface area (Å²) in [7, 11) is 0. The Morgan fingerprint density at radius 2 is 1.74 bits per heavy atom. The van der Waals surface area contributed by atoms with E-state index in [9.17, 15) is 4.39 Å². The van der Waals surface area contributed by atoms with E-state index in [2.05, 4.69) is 13.8 Å². The van der Waals surface area contributed by atoms with Crippen molar-refractivity contribution in [2.75, 3.05) is 13.2 Å². The molecule has 0 aliphatic carbocycles. The first-order valence-electron chi connectivity index (χ1n) is 12.3. The van der Waals surface area contributed by atoms with E-state index in [1.54, 1.807) is 18.2 Å². The number of halogens is 2. The lowest BCUT2D eigenvalue weighted by Gasteiger charge is -2.36. The van der Waals surface area contributed by atoms with E-state index in [0.717, 1.165) is 9.79 Å². The van der Waals surface area contributed by atoms with Gasteiger partial charge < -0.3 is 9.47 Å². The molecule has 0 saturated carbocycles. The van der Waals surface area contributed by atoms with Crippen molar-refractivity contribution in [1.29, 1.82) is 0 Å². The summed E-state index contributed by atoms with van der Waals surface area (Å²) in [4.78, 5) is 11.5. The van der Waals surface area contributed by atoms with Crippen molar-refractivity contribution in [3.05, 3.63) is 59.4 Å². The van der Waals surface area contributed by atoms with Crippen molar-refractivity contribution in [3.8, 4) is 0 Å². The van der Waals surface area contributed by atoms with Gasteiger partial charge in [-0.3, -0.25) is 0 Å². The molecule has 1 aliphatic heterocycles. The molecular formula is C28H36F2N2O2S. The number of ether oxygens (including phenoxy) is 2. The molecule has 0 radical (unpaired) electrons. The van der Waals surface area contributed by atoms with Crippen LogP contribution in [0.25, 0.3) is 0 Å². The van der Waals surface area contributed by atoms with Crippen LogP contribution in [0.1, 0.15) is 65.0 Å². The van der Waals surface area contributed by atoms with Gasteiger partial charge in [0.15, 0.2) is 0 Å². The third-order valence-corrected chi connectivity index (χ3v) is 7.01. The van der Waals surface area contributed by atoms with Gasteiger partial charge in [-0.05, 0) is 74.4 Å². The Hall–Kier alpha value is -2.41. The van der Waals surface area contributed by atoms with Gasteiger partial charge in [0, 0.05) is 9.79 Å². The normalized spacial score (nSPS) is 20.9. The molecule has 2 aromatic rings. The highest BCUT2D eigenvalue weighted by Gasteiger charge is 2.41. The topological polar surface area (TPSA) is 43.2 Å². The van der Waals surface area contributed by atoms with Gasteiger partial charge in [-0.1, -0.05) is 50.7 Å². The number of rotatable bonds is 9. The third kappa shape index (κ3) is 6.63. The van der Waals surface area contributed by atoms with Crippen LogP contribution in [0.5, 0.6) is 0 Å². The molecule has 1 aliphatic rings. The van der Waals surface area contributed by atoms with Gasteiger partial charge in [0.25, 0.3) is 0 Å². The molecule has 1 heterocycles. The predicted molar refractivity (Wildman–Crippen MR) is 140 cm³/mol. The summed E-state index contributed by atoms with van der Waals surface area (Å²) in [6.07, 6.45) is 0.523. The zero-order chi connectivity index (χ0) is 25.6. The smallest absolute Gasteiger partial charge is 0.212 e. The molecular weight excluding hydrogens is 466 g/mol. The lowest BCUT2D eigenvalue weighted by molar-refractivity contribution is 0.253. The number of nitrogens with zero attached hydrogens (tertiary/aromatic N) is 2. The highest BCUT2D eigenvalue weighted by molar-refractivity contribution is 7.99. The van der Waals surface area contributed by atoms with E-state index in [4.69, 9.17) is 19.5 Å². The van der Waals surface area contributed by atoms with Crippen molar-refractivity contribution in [3.63, 3.8) is 0 Å². The van der Waals surface area contributed by atoms with Crippen molar-refractivity contribution >= 4 is 23.6 Å². The van der Waals surface area contributed by atoms with Gasteiger partial charge >= 0.3 is 0 Å². The number of hydrogen-bond donors (Lipinski definition) is 0. The average molecular weight is 503 g/mol. The summed E-state index contributed by atoms with van der Waals surface area (Å²) < 4.78 is 40.0. The molecule has 0 spiro atoms. The molecule has 3 rings (SSSR count). The van der Waals surface area contributed by atoms with Gasteiger partial charge in [0.1, 0.15) is 24.1 Å². The Morgan fingerprint density at radius 3 is 2.37 bits per heavy atom. The van der Waals surface area contributed by atoms with Crippen molar-refractivity contribution in [1.82, 2.24) is 0 Å². The highest BCUT2D eigenvalue weighted by atomic mass is 32.2. The summed E-state index contributed by atoms with van der Waals surface area (Å²) >= 11 is 1.42. The molecule has 3 atom stereocenters. The van der Waals surface area contributed by atoms with Crippen LogP contribution in [0.4, 0.5) is 8.78 Å². The van der Waals surface area contributed by atoms with Gasteiger partial charge in [-0.25, -0.2) is 18.8 Å². The molecule has 0 aromatic heterocycles. The summed E-state index contributed by atoms with van der Waals surface area (Å²) in [5.41, 5.74) is 0.473. The van der Waals surface area contributed by atoms with E-state index >= 15 is 4.39 Å². The molecule has 190 valence electrons. The van der Waals surface area contributed by atoms with Gasteiger partial charge in [0.2, 0.25) is 11.8 Å². The third-order valence-electron chi connectivity index (χ3n) is 6.03. The Labute approximate surface area is 212 Å². The maximum atomic E-state index is 15.2. The second-order valence-corrected chi connectivity index (χ2v) is 10.5. The van der Waals surface area contributed by atoms with Crippen LogP contribution < -0.4 is 0 Å². The van der Waals surface area contributed by atoms with Gasteiger partial charge in [-0.2, -0.15) is 0 Å². The number of aliphatic imine (C=N–C) groups is 2. The quantitative estimate of drug-likeness (QED) is 0.354. The van der Waals surface area contributed by atoms with Crippen LogP contribution in [0.2, 0.25) is 0 Å². The van der Waals surface area contributed by atoms with Crippen molar-refractivity contribution < 1.29 is 18.3 Å². The fraction of sp³-hybridized carbons (Fsp3) is 0.500. The number of benzene rings is 2. The molecule has 1 unspecified atom stereocenters. The number of hydrogen-bond acceptors (Lipinski definition) is 5. The maximum absolute atomic E-state index is 15.2. The van der Waals surface area contributed by atoms with E-state index in [1.165, 1.54) is 11.8 Å². The molecule has 4 nitrogen and oxygen atoms in total. The van der Waals surface area contributed by atoms with E-state index in [1.807, 2.05) is 52.0 Å². The van der Waals surface area contributed by atoms with Crippen LogP contribution in [-0.2, 0) is 16.1 Å². The Morgan fingerprint density at radius 1 is 1.03 bits per heavy atom. The Bertz CT molecular complexity index is 1070. The first-order chi connectivity index (χ1) is 16.7.